The lowest BCUT2D eigenvalue weighted by molar-refractivity contribution is -0.151. The van der Waals surface area contributed by atoms with Gasteiger partial charge in [-0.1, -0.05) is 19.1 Å². The average Bonchev–Trinajstić information content (AvgIpc) is 2.71. The fourth-order valence-corrected chi connectivity index (χ4v) is 4.53. The van der Waals surface area contributed by atoms with E-state index in [0.29, 0.717) is 23.3 Å². The third kappa shape index (κ3) is 4.29. The molecule has 0 spiro atoms. The number of benzene rings is 1. The van der Waals surface area contributed by atoms with Crippen LogP contribution in [0.2, 0.25) is 0 Å². The molecular weight excluding hydrogens is 408 g/mol. The number of rotatable bonds is 5. The summed E-state index contributed by atoms with van der Waals surface area (Å²) >= 11 is 0. The summed E-state index contributed by atoms with van der Waals surface area (Å²) in [6, 6.07) is 7.74. The van der Waals surface area contributed by atoms with Crippen molar-refractivity contribution in [3.05, 3.63) is 52.4 Å². The highest BCUT2D eigenvalue weighted by molar-refractivity contribution is 6.12. The van der Waals surface area contributed by atoms with E-state index in [2.05, 4.69) is 5.32 Å². The van der Waals surface area contributed by atoms with Crippen LogP contribution in [0.15, 0.2) is 46.8 Å². The third-order valence-corrected chi connectivity index (χ3v) is 6.05. The van der Waals surface area contributed by atoms with Crippen LogP contribution in [0.1, 0.15) is 45.6 Å². The normalized spacial score (nSPS) is 23.0. The van der Waals surface area contributed by atoms with Crippen LogP contribution in [0.5, 0.6) is 0 Å². The smallest absolute Gasteiger partial charge is 0.337 e. The van der Waals surface area contributed by atoms with E-state index >= 15 is 0 Å². The maximum absolute atomic E-state index is 13.6. The van der Waals surface area contributed by atoms with Crippen molar-refractivity contribution in [3.8, 4) is 0 Å². The first-order valence-corrected chi connectivity index (χ1v) is 10.9. The summed E-state index contributed by atoms with van der Waals surface area (Å²) in [4.78, 5) is 41.2. The van der Waals surface area contributed by atoms with Crippen molar-refractivity contribution in [2.24, 2.45) is 11.8 Å². The maximum atomic E-state index is 13.6. The molecule has 1 heterocycles. The molecule has 0 saturated heterocycles. The van der Waals surface area contributed by atoms with E-state index in [1.165, 1.54) is 7.11 Å². The van der Waals surface area contributed by atoms with Crippen LogP contribution in [-0.2, 0) is 23.9 Å². The number of ether oxygens (including phenoxy) is 2. The number of ketones is 1. The van der Waals surface area contributed by atoms with Crippen molar-refractivity contribution in [1.82, 2.24) is 5.32 Å². The lowest BCUT2D eigenvalue weighted by atomic mass is 9.69. The van der Waals surface area contributed by atoms with Gasteiger partial charge in [-0.15, -0.1) is 0 Å². The predicted molar refractivity (Wildman–Crippen MR) is 122 cm³/mol. The molecule has 1 aliphatic carbocycles. The van der Waals surface area contributed by atoms with Gasteiger partial charge < -0.3 is 19.7 Å². The summed E-state index contributed by atoms with van der Waals surface area (Å²) in [5.41, 5.74) is 4.04. The number of methoxy groups -OCH3 is 1. The zero-order valence-electron chi connectivity index (χ0n) is 19.8. The molecule has 0 fully saturated rings. The van der Waals surface area contributed by atoms with Crippen LogP contribution in [-0.4, -0.2) is 45.0 Å². The minimum atomic E-state index is -0.898. The van der Waals surface area contributed by atoms with Crippen LogP contribution < -0.4 is 10.2 Å². The van der Waals surface area contributed by atoms with E-state index < -0.39 is 23.8 Å². The van der Waals surface area contributed by atoms with Gasteiger partial charge in [-0.05, 0) is 50.8 Å². The Bertz CT molecular complexity index is 988. The highest BCUT2D eigenvalue weighted by Gasteiger charge is 2.47. The van der Waals surface area contributed by atoms with Crippen LogP contribution in [0, 0.1) is 11.8 Å². The second-order valence-electron chi connectivity index (χ2n) is 8.98. The van der Waals surface area contributed by atoms with E-state index in [1.54, 1.807) is 13.8 Å². The van der Waals surface area contributed by atoms with Gasteiger partial charge in [0, 0.05) is 42.7 Å². The molecule has 0 amide bonds. The Hall–Kier alpha value is -3.09. The predicted octanol–water partition coefficient (Wildman–Crippen LogP) is 3.32. The van der Waals surface area contributed by atoms with Gasteiger partial charge in [0.25, 0.3) is 0 Å². The summed E-state index contributed by atoms with van der Waals surface area (Å²) in [6.07, 6.45) is 0.205. The molecule has 3 atom stereocenters. The molecule has 0 unspecified atom stereocenters. The van der Waals surface area contributed by atoms with Crippen molar-refractivity contribution < 1.29 is 23.9 Å². The molecule has 2 aliphatic rings. The quantitative estimate of drug-likeness (QED) is 0.555. The van der Waals surface area contributed by atoms with Crippen LogP contribution >= 0.6 is 0 Å². The Labute approximate surface area is 189 Å². The van der Waals surface area contributed by atoms with Gasteiger partial charge in [-0.25, -0.2) is 4.79 Å². The summed E-state index contributed by atoms with van der Waals surface area (Å²) < 4.78 is 10.5. The Morgan fingerprint density at radius 2 is 1.78 bits per heavy atom. The number of nitrogens with zero attached hydrogens (tertiary/aromatic N) is 1. The van der Waals surface area contributed by atoms with Gasteiger partial charge in [0.2, 0.25) is 0 Å². The lowest BCUT2D eigenvalue weighted by Crippen LogP contribution is -2.43. The Balaban J connectivity index is 2.17. The van der Waals surface area contributed by atoms with E-state index in [9.17, 15) is 14.4 Å². The van der Waals surface area contributed by atoms with Gasteiger partial charge in [-0.3, -0.25) is 9.59 Å². The first-order valence-electron chi connectivity index (χ1n) is 10.9. The zero-order valence-corrected chi connectivity index (χ0v) is 19.8. The van der Waals surface area contributed by atoms with Crippen molar-refractivity contribution in [1.29, 1.82) is 0 Å². The molecule has 1 N–H and O–H groups in total. The SMILES string of the molecule is COC(=O)[C@H]1C(=O)C2=C(C[C@@H]1C)NC(C)=C(C(=O)OC(C)C)[C@@H]2c1ccc(N(C)C)cc1. The Morgan fingerprint density at radius 3 is 2.31 bits per heavy atom. The van der Waals surface area contributed by atoms with E-state index in [4.69, 9.17) is 9.47 Å². The highest BCUT2D eigenvalue weighted by atomic mass is 16.5. The van der Waals surface area contributed by atoms with Gasteiger partial charge >= 0.3 is 11.9 Å². The number of Topliss-reactive ketones (excluding diaryl/α,β-unsaturated/α-hetero) is 1. The van der Waals surface area contributed by atoms with E-state index in [1.807, 2.05) is 57.1 Å². The topological polar surface area (TPSA) is 84.9 Å². The number of anilines is 1. The van der Waals surface area contributed by atoms with Crippen LogP contribution in [0.25, 0.3) is 0 Å². The number of carbonyl (C=O) groups excluding carboxylic acids is 3. The molecule has 0 radical (unpaired) electrons. The standard InChI is InChI=1S/C25H32N2O5/c1-13(2)32-25(30)20-15(4)26-18-12-14(3)19(24(29)31-7)23(28)22(18)21(20)16-8-10-17(11-9-16)27(5)6/h8-11,13-14,19,21,26H,12H2,1-7H3/t14-,19+,21-/m0/s1. The summed E-state index contributed by atoms with van der Waals surface area (Å²) in [7, 11) is 5.18. The molecule has 172 valence electrons. The number of allylic oxidation sites excluding steroid dienone is 3. The highest BCUT2D eigenvalue weighted by Crippen LogP contribution is 2.45. The first-order chi connectivity index (χ1) is 15.1. The number of hydrogen-bond donors (Lipinski definition) is 1. The van der Waals surface area contributed by atoms with Crippen LogP contribution in [0.4, 0.5) is 5.69 Å². The second-order valence-corrected chi connectivity index (χ2v) is 8.98. The summed E-state index contributed by atoms with van der Waals surface area (Å²) in [6.45, 7) is 7.27. The second kappa shape index (κ2) is 9.18. The van der Waals surface area contributed by atoms with Crippen molar-refractivity contribution in [2.75, 3.05) is 26.1 Å². The van der Waals surface area contributed by atoms with E-state index in [-0.39, 0.29) is 17.8 Å². The lowest BCUT2D eigenvalue weighted by Gasteiger charge is -2.38. The average molecular weight is 441 g/mol. The molecule has 0 saturated carbocycles. The third-order valence-electron chi connectivity index (χ3n) is 6.05. The Morgan fingerprint density at radius 1 is 1.16 bits per heavy atom. The number of nitrogens with one attached hydrogen (secondary N) is 1. The first kappa shape index (κ1) is 23.6. The monoisotopic (exact) mass is 440 g/mol. The van der Waals surface area contributed by atoms with Crippen molar-refractivity contribution in [2.45, 2.75) is 46.1 Å². The summed E-state index contributed by atoms with van der Waals surface area (Å²) in [5, 5.41) is 3.27. The van der Waals surface area contributed by atoms with E-state index in [0.717, 1.165) is 16.9 Å². The molecule has 7 nitrogen and oxygen atoms in total. The van der Waals surface area contributed by atoms with Crippen LogP contribution in [0.3, 0.4) is 0 Å². The van der Waals surface area contributed by atoms with Gasteiger partial charge in [-0.2, -0.15) is 0 Å². The summed E-state index contributed by atoms with van der Waals surface area (Å²) in [5.74, 6) is -3.06. The molecule has 0 bridgehead atoms. The fourth-order valence-electron chi connectivity index (χ4n) is 4.53. The molecule has 3 rings (SSSR count). The fraction of sp³-hybridized carbons (Fsp3) is 0.480. The maximum Gasteiger partial charge on any atom is 0.337 e. The van der Waals surface area contributed by atoms with Crippen molar-refractivity contribution in [3.63, 3.8) is 0 Å². The molecular formula is C25H32N2O5. The number of hydrogen-bond acceptors (Lipinski definition) is 7. The molecule has 1 aliphatic heterocycles. The van der Waals surface area contributed by atoms with Gasteiger partial charge in [0.15, 0.2) is 5.78 Å². The minimum Gasteiger partial charge on any atom is -0.468 e. The number of esters is 2. The number of dihydropyridines is 1. The van der Waals surface area contributed by atoms with Gasteiger partial charge in [0.05, 0.1) is 18.8 Å². The van der Waals surface area contributed by atoms with Crippen molar-refractivity contribution >= 4 is 23.4 Å². The van der Waals surface area contributed by atoms with Gasteiger partial charge in [0.1, 0.15) is 5.92 Å². The molecule has 1 aromatic carbocycles. The number of carbonyl (C=O) groups is 3. The molecule has 32 heavy (non-hydrogen) atoms. The molecule has 1 aromatic rings. The minimum absolute atomic E-state index is 0.213. The molecule has 7 heteroatoms. The molecule has 0 aromatic heterocycles. The zero-order chi connectivity index (χ0) is 23.7. The largest absolute Gasteiger partial charge is 0.468 e. The Kier molecular flexibility index (Phi) is 6.77.